The van der Waals surface area contributed by atoms with Crippen LogP contribution in [0.4, 0.5) is 0 Å². The van der Waals surface area contributed by atoms with Gasteiger partial charge in [0.15, 0.2) is 0 Å². The maximum absolute atomic E-state index is 11.4. The molecule has 2 nitrogen and oxygen atoms in total. The van der Waals surface area contributed by atoms with E-state index in [2.05, 4.69) is 33.8 Å². The first-order valence-electron chi connectivity index (χ1n) is 6.15. The minimum atomic E-state index is -0.640. The highest BCUT2D eigenvalue weighted by atomic mass is 16.4. The molecule has 4 atom stereocenters. The molecule has 1 N–H and O–H groups in total. The zero-order valence-electron chi connectivity index (χ0n) is 11.1. The fraction of sp³-hybridized carbons (Fsp3) is 0.786. The molecule has 1 aliphatic carbocycles. The fourth-order valence-electron chi connectivity index (χ4n) is 3.00. The van der Waals surface area contributed by atoms with Gasteiger partial charge in [-0.3, -0.25) is 4.79 Å². The second-order valence-electron chi connectivity index (χ2n) is 5.93. The molecule has 92 valence electrons. The number of carboxylic acids is 1. The number of allylic oxidation sites excluding steroid dienone is 2. The van der Waals surface area contributed by atoms with Crippen LogP contribution in [-0.4, -0.2) is 11.1 Å². The molecule has 1 rings (SSSR count). The molecule has 0 aromatic rings. The van der Waals surface area contributed by atoms with Crippen LogP contribution >= 0.6 is 0 Å². The highest BCUT2D eigenvalue weighted by Gasteiger charge is 2.46. The monoisotopic (exact) mass is 224 g/mol. The van der Waals surface area contributed by atoms with E-state index in [1.807, 2.05) is 6.92 Å². The van der Waals surface area contributed by atoms with E-state index >= 15 is 0 Å². The van der Waals surface area contributed by atoms with Crippen molar-refractivity contribution in [3.8, 4) is 0 Å². The van der Waals surface area contributed by atoms with Gasteiger partial charge in [0.25, 0.3) is 0 Å². The van der Waals surface area contributed by atoms with Crippen LogP contribution in [0.15, 0.2) is 11.6 Å². The summed E-state index contributed by atoms with van der Waals surface area (Å²) < 4.78 is 0. The van der Waals surface area contributed by atoms with Crippen LogP contribution in [0.2, 0.25) is 0 Å². The smallest absolute Gasteiger partial charge is 0.309 e. The van der Waals surface area contributed by atoms with Crippen molar-refractivity contribution in [3.05, 3.63) is 11.6 Å². The van der Waals surface area contributed by atoms with Crippen LogP contribution in [0, 0.1) is 23.2 Å². The van der Waals surface area contributed by atoms with Gasteiger partial charge in [0, 0.05) is 0 Å². The van der Waals surface area contributed by atoms with E-state index in [1.165, 1.54) is 5.57 Å². The Bertz CT molecular complexity index is 302. The molecule has 0 aliphatic heterocycles. The van der Waals surface area contributed by atoms with Gasteiger partial charge in [-0.15, -0.1) is 0 Å². The Morgan fingerprint density at radius 1 is 1.38 bits per heavy atom. The van der Waals surface area contributed by atoms with Gasteiger partial charge in [0.2, 0.25) is 0 Å². The summed E-state index contributed by atoms with van der Waals surface area (Å²) in [5, 5.41) is 9.42. The van der Waals surface area contributed by atoms with E-state index in [-0.39, 0.29) is 5.92 Å². The molecule has 0 bridgehead atoms. The topological polar surface area (TPSA) is 37.3 Å². The molecule has 16 heavy (non-hydrogen) atoms. The van der Waals surface area contributed by atoms with Gasteiger partial charge < -0.3 is 5.11 Å². The second kappa shape index (κ2) is 4.60. The Morgan fingerprint density at radius 2 is 1.94 bits per heavy atom. The van der Waals surface area contributed by atoms with Gasteiger partial charge >= 0.3 is 5.97 Å². The summed E-state index contributed by atoms with van der Waals surface area (Å²) in [5.74, 6) is 0.526. The largest absolute Gasteiger partial charge is 0.481 e. The molecule has 0 amide bonds. The van der Waals surface area contributed by atoms with Crippen molar-refractivity contribution in [2.75, 3.05) is 0 Å². The molecular formula is C14H24O2. The summed E-state index contributed by atoms with van der Waals surface area (Å²) in [6.45, 7) is 10.3. The number of aliphatic carboxylic acids is 1. The summed E-state index contributed by atoms with van der Waals surface area (Å²) in [5.41, 5.74) is 0.730. The fourth-order valence-corrected chi connectivity index (χ4v) is 3.00. The second-order valence-corrected chi connectivity index (χ2v) is 5.93. The molecule has 1 fully saturated rings. The molecule has 1 saturated carbocycles. The van der Waals surface area contributed by atoms with E-state index in [1.54, 1.807) is 0 Å². The molecule has 0 saturated heterocycles. The predicted octanol–water partition coefficient (Wildman–Crippen LogP) is 3.73. The van der Waals surface area contributed by atoms with Gasteiger partial charge in [-0.1, -0.05) is 25.5 Å². The molecule has 4 unspecified atom stereocenters. The minimum absolute atomic E-state index is 0.256. The SMILES string of the molecule is CC(C)=CC1CC(C)C(C)C(C)(C(=O)O)C1. The lowest BCUT2D eigenvalue weighted by Gasteiger charge is -2.43. The predicted molar refractivity (Wildman–Crippen MR) is 66.2 cm³/mol. The third-order valence-electron chi connectivity index (χ3n) is 4.28. The van der Waals surface area contributed by atoms with Crippen LogP contribution in [-0.2, 0) is 4.79 Å². The van der Waals surface area contributed by atoms with Crippen molar-refractivity contribution in [1.82, 2.24) is 0 Å². The average Bonchev–Trinajstić information content (AvgIpc) is 2.12. The summed E-state index contributed by atoms with van der Waals surface area (Å²) in [6.07, 6.45) is 4.14. The standard InChI is InChI=1S/C14H24O2/c1-9(2)6-12-7-10(3)11(4)14(5,8-12)13(15)16/h6,10-12H,7-8H2,1-5H3,(H,15,16). The Balaban J connectivity index is 2.94. The van der Waals surface area contributed by atoms with E-state index in [9.17, 15) is 9.90 Å². The van der Waals surface area contributed by atoms with E-state index in [0.29, 0.717) is 11.8 Å². The lowest BCUT2D eigenvalue weighted by atomic mass is 9.60. The van der Waals surface area contributed by atoms with Crippen LogP contribution in [0.25, 0.3) is 0 Å². The number of hydrogen-bond acceptors (Lipinski definition) is 1. The van der Waals surface area contributed by atoms with Crippen molar-refractivity contribution < 1.29 is 9.90 Å². The van der Waals surface area contributed by atoms with Gasteiger partial charge in [-0.25, -0.2) is 0 Å². The molecule has 0 spiro atoms. The maximum Gasteiger partial charge on any atom is 0.309 e. The van der Waals surface area contributed by atoms with Crippen molar-refractivity contribution in [3.63, 3.8) is 0 Å². The molecule has 0 aromatic carbocycles. The average molecular weight is 224 g/mol. The maximum atomic E-state index is 11.4. The molecule has 2 heteroatoms. The highest BCUT2D eigenvalue weighted by Crippen LogP contribution is 2.47. The van der Waals surface area contributed by atoms with Crippen LogP contribution in [0.3, 0.4) is 0 Å². The zero-order chi connectivity index (χ0) is 12.5. The van der Waals surface area contributed by atoms with Crippen molar-refractivity contribution in [1.29, 1.82) is 0 Å². The molecule has 0 radical (unpaired) electrons. The Morgan fingerprint density at radius 3 is 2.38 bits per heavy atom. The molecular weight excluding hydrogens is 200 g/mol. The van der Waals surface area contributed by atoms with Gasteiger partial charge in [0.1, 0.15) is 0 Å². The van der Waals surface area contributed by atoms with Gasteiger partial charge in [-0.2, -0.15) is 0 Å². The van der Waals surface area contributed by atoms with Crippen LogP contribution in [0.1, 0.15) is 47.5 Å². The molecule has 0 heterocycles. The van der Waals surface area contributed by atoms with Crippen LogP contribution < -0.4 is 0 Å². The Hall–Kier alpha value is -0.790. The van der Waals surface area contributed by atoms with Crippen molar-refractivity contribution in [2.45, 2.75) is 47.5 Å². The van der Waals surface area contributed by atoms with E-state index in [4.69, 9.17) is 0 Å². The first-order chi connectivity index (χ1) is 7.27. The molecule has 1 aliphatic rings. The number of carbonyl (C=O) groups is 1. The number of rotatable bonds is 2. The Kier molecular flexibility index (Phi) is 3.82. The van der Waals surface area contributed by atoms with E-state index < -0.39 is 11.4 Å². The van der Waals surface area contributed by atoms with Crippen LogP contribution in [0.5, 0.6) is 0 Å². The Labute approximate surface area is 98.7 Å². The van der Waals surface area contributed by atoms with Crippen molar-refractivity contribution >= 4 is 5.97 Å². The quantitative estimate of drug-likeness (QED) is 0.726. The summed E-state index contributed by atoms with van der Waals surface area (Å²) >= 11 is 0. The lowest BCUT2D eigenvalue weighted by Crippen LogP contribution is -2.43. The van der Waals surface area contributed by atoms with Crippen molar-refractivity contribution in [2.24, 2.45) is 23.2 Å². The summed E-state index contributed by atoms with van der Waals surface area (Å²) in [6, 6.07) is 0. The minimum Gasteiger partial charge on any atom is -0.481 e. The third-order valence-corrected chi connectivity index (χ3v) is 4.28. The summed E-state index contributed by atoms with van der Waals surface area (Å²) in [4.78, 5) is 11.4. The van der Waals surface area contributed by atoms with E-state index in [0.717, 1.165) is 12.8 Å². The zero-order valence-corrected chi connectivity index (χ0v) is 11.1. The normalized spacial score (nSPS) is 39.2. The van der Waals surface area contributed by atoms with Gasteiger partial charge in [0.05, 0.1) is 5.41 Å². The number of carboxylic acid groups (broad SMARTS) is 1. The van der Waals surface area contributed by atoms with Gasteiger partial charge in [-0.05, 0) is 51.4 Å². The molecule has 0 aromatic heterocycles. The first-order valence-corrected chi connectivity index (χ1v) is 6.15. The summed E-state index contributed by atoms with van der Waals surface area (Å²) in [7, 11) is 0. The number of hydrogen-bond donors (Lipinski definition) is 1. The third kappa shape index (κ3) is 2.47. The highest BCUT2D eigenvalue weighted by molar-refractivity contribution is 5.74. The lowest BCUT2D eigenvalue weighted by molar-refractivity contribution is -0.156. The first kappa shape index (κ1) is 13.3.